The van der Waals surface area contributed by atoms with E-state index >= 15 is 0 Å². The third-order valence-corrected chi connectivity index (χ3v) is 7.58. The highest BCUT2D eigenvalue weighted by Gasteiger charge is 2.28. The second kappa shape index (κ2) is 10.7. The second-order valence-electron chi connectivity index (χ2n) is 8.05. The van der Waals surface area contributed by atoms with E-state index in [2.05, 4.69) is 10.6 Å². The molecule has 0 spiro atoms. The molecule has 1 amide bonds. The molecule has 1 saturated heterocycles. The largest absolute Gasteiger partial charge is 0.492 e. The lowest BCUT2D eigenvalue weighted by Gasteiger charge is -2.22. The van der Waals surface area contributed by atoms with Crippen LogP contribution in [-0.2, 0) is 14.8 Å². The second-order valence-corrected chi connectivity index (χ2v) is 9.98. The van der Waals surface area contributed by atoms with Crippen LogP contribution in [-0.4, -0.2) is 38.3 Å². The molecule has 1 heterocycles. The zero-order valence-electron chi connectivity index (χ0n) is 19.1. The van der Waals surface area contributed by atoms with Gasteiger partial charge in [-0.15, -0.1) is 0 Å². The van der Waals surface area contributed by atoms with E-state index in [0.29, 0.717) is 36.8 Å². The molecule has 3 aromatic carbocycles. The first-order valence-corrected chi connectivity index (χ1v) is 12.9. The number of para-hydroxylation sites is 2. The molecule has 0 unspecified atom stereocenters. The molecule has 8 heteroatoms. The lowest BCUT2D eigenvalue weighted by atomic mass is 10.1. The number of sulfonamides is 1. The monoisotopic (exact) mass is 479 g/mol. The molecule has 3 aromatic rings. The van der Waals surface area contributed by atoms with Crippen LogP contribution in [0.5, 0.6) is 5.75 Å². The van der Waals surface area contributed by atoms with Gasteiger partial charge >= 0.3 is 0 Å². The Morgan fingerprint density at radius 2 is 1.68 bits per heavy atom. The number of carbonyl (C=O) groups excluding carboxylic acids is 1. The van der Waals surface area contributed by atoms with Gasteiger partial charge in [0.2, 0.25) is 10.0 Å². The van der Waals surface area contributed by atoms with Crippen molar-refractivity contribution < 1.29 is 17.9 Å². The highest BCUT2D eigenvalue weighted by atomic mass is 32.2. The molecule has 0 aliphatic carbocycles. The number of nitrogens with zero attached hydrogens (tertiary/aromatic N) is 1. The Kier molecular flexibility index (Phi) is 7.49. The van der Waals surface area contributed by atoms with E-state index in [0.717, 1.165) is 18.4 Å². The zero-order chi connectivity index (χ0) is 24.0. The maximum atomic E-state index is 13.4. The van der Waals surface area contributed by atoms with Crippen LogP contribution in [0.15, 0.2) is 83.8 Å². The van der Waals surface area contributed by atoms with E-state index in [1.54, 1.807) is 36.4 Å². The van der Waals surface area contributed by atoms with Crippen molar-refractivity contribution in [1.82, 2.24) is 4.31 Å². The quantitative estimate of drug-likeness (QED) is 0.466. The minimum atomic E-state index is -3.57. The van der Waals surface area contributed by atoms with Crippen LogP contribution in [0.2, 0.25) is 0 Å². The van der Waals surface area contributed by atoms with Crippen molar-refractivity contribution in [1.29, 1.82) is 0 Å². The lowest BCUT2D eigenvalue weighted by Crippen LogP contribution is -2.29. The third kappa shape index (κ3) is 5.40. The smallest absolute Gasteiger partial charge is 0.251 e. The molecule has 0 radical (unpaired) electrons. The van der Waals surface area contributed by atoms with Crippen molar-refractivity contribution in [3.63, 3.8) is 0 Å². The Balaban J connectivity index is 1.61. The van der Waals surface area contributed by atoms with E-state index in [-0.39, 0.29) is 10.8 Å². The molecule has 4 rings (SSSR count). The van der Waals surface area contributed by atoms with Gasteiger partial charge in [0.15, 0.2) is 0 Å². The van der Waals surface area contributed by atoms with Crippen molar-refractivity contribution in [3.8, 4) is 5.75 Å². The number of hydrogen-bond donors (Lipinski definition) is 2. The first kappa shape index (κ1) is 23.8. The van der Waals surface area contributed by atoms with Gasteiger partial charge in [-0.05, 0) is 55.7 Å². The Bertz CT molecular complexity index is 1230. The number of rotatable bonds is 9. The number of amides is 1. The van der Waals surface area contributed by atoms with Crippen LogP contribution in [0.1, 0.15) is 31.4 Å². The maximum Gasteiger partial charge on any atom is 0.251 e. The van der Waals surface area contributed by atoms with Gasteiger partial charge in [0.05, 0.1) is 17.2 Å². The zero-order valence-corrected chi connectivity index (χ0v) is 19.9. The molecule has 0 aromatic heterocycles. The molecule has 2 N–H and O–H groups in total. The summed E-state index contributed by atoms with van der Waals surface area (Å²) in [5, 5.41) is 6.18. The van der Waals surface area contributed by atoms with Crippen LogP contribution >= 0.6 is 0 Å². The van der Waals surface area contributed by atoms with E-state index < -0.39 is 16.1 Å². The summed E-state index contributed by atoms with van der Waals surface area (Å²) in [5.74, 6) is 0.301. The van der Waals surface area contributed by atoms with Gasteiger partial charge in [0.1, 0.15) is 11.8 Å². The van der Waals surface area contributed by atoms with E-state index in [1.807, 2.05) is 49.4 Å². The Hall–Kier alpha value is -3.36. The molecule has 0 bridgehead atoms. The van der Waals surface area contributed by atoms with Crippen molar-refractivity contribution in [3.05, 3.63) is 84.4 Å². The molecule has 1 aliphatic heterocycles. The van der Waals surface area contributed by atoms with Crippen molar-refractivity contribution in [2.24, 2.45) is 0 Å². The van der Waals surface area contributed by atoms with Crippen molar-refractivity contribution in [2.45, 2.75) is 30.7 Å². The molecule has 7 nitrogen and oxygen atoms in total. The number of carbonyl (C=O) groups is 1. The molecule has 1 fully saturated rings. The lowest BCUT2D eigenvalue weighted by molar-refractivity contribution is -0.117. The fourth-order valence-corrected chi connectivity index (χ4v) is 5.56. The molecule has 34 heavy (non-hydrogen) atoms. The first-order valence-electron chi connectivity index (χ1n) is 11.4. The van der Waals surface area contributed by atoms with Crippen molar-refractivity contribution >= 4 is 27.3 Å². The van der Waals surface area contributed by atoms with Crippen molar-refractivity contribution in [2.75, 3.05) is 30.3 Å². The number of hydrogen-bond acceptors (Lipinski definition) is 5. The Labute approximate surface area is 200 Å². The van der Waals surface area contributed by atoms with E-state index in [9.17, 15) is 13.2 Å². The first-order chi connectivity index (χ1) is 16.5. The van der Waals surface area contributed by atoms with Crippen LogP contribution in [0.25, 0.3) is 0 Å². The minimum Gasteiger partial charge on any atom is -0.492 e. The summed E-state index contributed by atoms with van der Waals surface area (Å²) in [6.45, 7) is 3.43. The van der Waals surface area contributed by atoms with Gasteiger partial charge in [0, 0.05) is 18.8 Å². The summed E-state index contributed by atoms with van der Waals surface area (Å²) in [7, 11) is -3.57. The summed E-state index contributed by atoms with van der Waals surface area (Å²) >= 11 is 0. The van der Waals surface area contributed by atoms with Gasteiger partial charge in [-0.3, -0.25) is 4.79 Å². The van der Waals surface area contributed by atoms with Crippen LogP contribution in [0.4, 0.5) is 11.4 Å². The standard InChI is InChI=1S/C26H29N3O4S/c1-2-33-24-16-7-6-15-23(24)28-26(30)25(20-11-4-3-5-12-20)27-21-13-10-14-22(19-21)34(31,32)29-17-8-9-18-29/h3-7,10-16,19,25,27H,2,8-9,17-18H2,1H3,(H,28,30)/t25-/m0/s1. The molecule has 1 aliphatic rings. The molecule has 0 saturated carbocycles. The predicted octanol–water partition coefficient (Wildman–Crippen LogP) is 4.66. The van der Waals surface area contributed by atoms with Crippen LogP contribution in [0, 0.1) is 0 Å². The average molecular weight is 480 g/mol. The highest BCUT2D eigenvalue weighted by Crippen LogP contribution is 2.28. The molecule has 178 valence electrons. The summed E-state index contributed by atoms with van der Waals surface area (Å²) in [6.07, 6.45) is 1.74. The summed E-state index contributed by atoms with van der Waals surface area (Å²) < 4.78 is 33.2. The Morgan fingerprint density at radius 3 is 2.41 bits per heavy atom. The van der Waals surface area contributed by atoms with Gasteiger partial charge in [-0.2, -0.15) is 4.31 Å². The summed E-state index contributed by atoms with van der Waals surface area (Å²) in [5.41, 5.74) is 1.87. The van der Waals surface area contributed by atoms with Crippen LogP contribution in [0.3, 0.4) is 0 Å². The number of nitrogens with one attached hydrogen (secondary N) is 2. The normalized spacial score (nSPS) is 15.0. The average Bonchev–Trinajstić information content (AvgIpc) is 3.41. The highest BCUT2D eigenvalue weighted by molar-refractivity contribution is 7.89. The minimum absolute atomic E-state index is 0.216. The SMILES string of the molecule is CCOc1ccccc1NC(=O)[C@@H](Nc1cccc(S(=O)(=O)N2CCCC2)c1)c1ccccc1. The van der Waals surface area contributed by atoms with Gasteiger partial charge in [-0.1, -0.05) is 48.5 Å². The predicted molar refractivity (Wildman–Crippen MR) is 133 cm³/mol. The molecule has 1 atom stereocenters. The number of anilines is 2. The number of benzene rings is 3. The number of ether oxygens (including phenoxy) is 1. The third-order valence-electron chi connectivity index (χ3n) is 5.69. The van der Waals surface area contributed by atoms with Gasteiger partial charge < -0.3 is 15.4 Å². The van der Waals surface area contributed by atoms with Crippen LogP contribution < -0.4 is 15.4 Å². The topological polar surface area (TPSA) is 87.7 Å². The summed E-state index contributed by atoms with van der Waals surface area (Å²) in [6, 6.07) is 22.5. The molecular formula is C26H29N3O4S. The van der Waals surface area contributed by atoms with E-state index in [1.165, 1.54) is 4.31 Å². The van der Waals surface area contributed by atoms with E-state index in [4.69, 9.17) is 4.74 Å². The molecular weight excluding hydrogens is 450 g/mol. The fraction of sp³-hybridized carbons (Fsp3) is 0.269. The maximum absolute atomic E-state index is 13.4. The fourth-order valence-electron chi connectivity index (χ4n) is 3.99. The Morgan fingerprint density at radius 1 is 0.971 bits per heavy atom. The summed E-state index contributed by atoms with van der Waals surface area (Å²) in [4.78, 5) is 13.6. The van der Waals surface area contributed by atoms with Gasteiger partial charge in [-0.25, -0.2) is 8.42 Å². The van der Waals surface area contributed by atoms with Gasteiger partial charge in [0.25, 0.3) is 5.91 Å².